The second kappa shape index (κ2) is 5.21. The van der Waals surface area contributed by atoms with Gasteiger partial charge in [0.15, 0.2) is 5.82 Å². The Hall–Kier alpha value is -0.550. The van der Waals surface area contributed by atoms with Gasteiger partial charge in [0.25, 0.3) is 0 Å². The van der Waals surface area contributed by atoms with Gasteiger partial charge in [0.2, 0.25) is 0 Å². The highest BCUT2D eigenvalue weighted by molar-refractivity contribution is 7.99. The lowest BCUT2D eigenvalue weighted by molar-refractivity contribution is 0.334. The van der Waals surface area contributed by atoms with Crippen LogP contribution in [0.5, 0.6) is 0 Å². The minimum absolute atomic E-state index is 0.369. The van der Waals surface area contributed by atoms with E-state index in [1.54, 1.807) is 0 Å². The molecule has 3 rings (SSSR count). The number of hydrogen-bond donors (Lipinski definition) is 1. The Bertz CT molecular complexity index is 409. The Morgan fingerprint density at radius 2 is 2.11 bits per heavy atom. The van der Waals surface area contributed by atoms with Crippen molar-refractivity contribution in [1.29, 1.82) is 0 Å². The number of rotatable bonds is 2. The van der Waals surface area contributed by atoms with Crippen molar-refractivity contribution < 1.29 is 0 Å². The lowest BCUT2D eigenvalue weighted by Crippen LogP contribution is -2.37. The molecular weight excluding hydrogens is 244 g/mol. The molecule has 0 amide bonds. The van der Waals surface area contributed by atoms with Gasteiger partial charge in [-0.2, -0.15) is 11.8 Å². The molecule has 1 N–H and O–H groups in total. The third-order valence-electron chi connectivity index (χ3n) is 3.92. The van der Waals surface area contributed by atoms with Crippen molar-refractivity contribution in [2.75, 3.05) is 12.3 Å². The fourth-order valence-corrected chi connectivity index (χ4v) is 4.24. The molecule has 0 spiro atoms. The summed E-state index contributed by atoms with van der Waals surface area (Å²) in [6.45, 7) is 6.56. The third kappa shape index (κ3) is 2.18. The highest BCUT2D eigenvalue weighted by atomic mass is 32.2. The predicted octanol–water partition coefficient (Wildman–Crippen LogP) is 2.54. The topological polar surface area (TPSA) is 42.7 Å². The lowest BCUT2D eigenvalue weighted by Gasteiger charge is -2.29. The van der Waals surface area contributed by atoms with E-state index >= 15 is 0 Å². The van der Waals surface area contributed by atoms with Crippen LogP contribution in [0.15, 0.2) is 0 Å². The number of nitrogens with one attached hydrogen (secondary N) is 1. The maximum atomic E-state index is 4.51. The molecule has 3 heterocycles. The van der Waals surface area contributed by atoms with Gasteiger partial charge in [0.05, 0.1) is 11.3 Å². The van der Waals surface area contributed by atoms with Crippen LogP contribution in [0.25, 0.3) is 0 Å². The van der Waals surface area contributed by atoms with Gasteiger partial charge in [-0.05, 0) is 24.5 Å². The Balaban J connectivity index is 1.89. The average Bonchev–Trinajstić information content (AvgIpc) is 2.83. The molecule has 18 heavy (non-hydrogen) atoms. The van der Waals surface area contributed by atoms with E-state index in [4.69, 9.17) is 0 Å². The van der Waals surface area contributed by atoms with Crippen LogP contribution in [0.1, 0.15) is 56.1 Å². The number of nitrogens with zero attached hydrogens (tertiary/aromatic N) is 3. The van der Waals surface area contributed by atoms with Crippen LogP contribution in [-0.4, -0.2) is 27.1 Å². The van der Waals surface area contributed by atoms with E-state index in [1.807, 2.05) is 0 Å². The van der Waals surface area contributed by atoms with Crippen molar-refractivity contribution >= 4 is 11.8 Å². The normalized spacial score (nSPS) is 28.4. The largest absolute Gasteiger partial charge is 0.311 e. The molecule has 0 aliphatic carbocycles. The number of fused-ring (bicyclic) bond motifs is 1. The second-order valence-corrected chi connectivity index (χ2v) is 6.91. The average molecular weight is 266 g/mol. The first-order valence-electron chi connectivity index (χ1n) is 7.05. The molecule has 1 fully saturated rings. The summed E-state index contributed by atoms with van der Waals surface area (Å²) in [4.78, 5) is 0. The fraction of sp³-hybridized carbons (Fsp3) is 0.846. The van der Waals surface area contributed by atoms with Crippen LogP contribution in [0.3, 0.4) is 0 Å². The van der Waals surface area contributed by atoms with Crippen molar-refractivity contribution in [3.63, 3.8) is 0 Å². The van der Waals surface area contributed by atoms with Crippen molar-refractivity contribution in [3.05, 3.63) is 11.6 Å². The summed E-state index contributed by atoms with van der Waals surface area (Å²) >= 11 is 2.06. The van der Waals surface area contributed by atoms with Gasteiger partial charge in [-0.15, -0.1) is 10.2 Å². The van der Waals surface area contributed by atoms with E-state index in [0.717, 1.165) is 18.9 Å². The van der Waals surface area contributed by atoms with Crippen LogP contribution in [-0.2, 0) is 6.54 Å². The molecule has 100 valence electrons. The summed E-state index contributed by atoms with van der Waals surface area (Å²) in [5.74, 6) is 4.22. The summed E-state index contributed by atoms with van der Waals surface area (Å²) < 4.78 is 2.38. The van der Waals surface area contributed by atoms with Gasteiger partial charge in [0, 0.05) is 13.1 Å². The summed E-state index contributed by atoms with van der Waals surface area (Å²) in [5.41, 5.74) is 0. The summed E-state index contributed by atoms with van der Waals surface area (Å²) in [5, 5.41) is 13.1. The molecule has 4 nitrogen and oxygen atoms in total. The number of aromatic nitrogens is 3. The van der Waals surface area contributed by atoms with E-state index < -0.39 is 0 Å². The quantitative estimate of drug-likeness (QED) is 0.893. The van der Waals surface area contributed by atoms with E-state index in [2.05, 4.69) is 45.7 Å². The zero-order valence-electron chi connectivity index (χ0n) is 11.2. The summed E-state index contributed by atoms with van der Waals surface area (Å²) in [6, 6.07) is 0.369. The molecule has 5 heteroatoms. The van der Waals surface area contributed by atoms with Crippen molar-refractivity contribution in [3.8, 4) is 0 Å². The Morgan fingerprint density at radius 1 is 1.28 bits per heavy atom. The third-order valence-corrected chi connectivity index (χ3v) is 5.29. The molecule has 0 aromatic carbocycles. The maximum Gasteiger partial charge on any atom is 0.150 e. The molecular formula is C13H22N4S. The van der Waals surface area contributed by atoms with Crippen LogP contribution in [0.4, 0.5) is 0 Å². The van der Waals surface area contributed by atoms with Gasteiger partial charge < -0.3 is 9.88 Å². The van der Waals surface area contributed by atoms with Crippen molar-refractivity contribution in [2.45, 2.75) is 50.9 Å². The molecule has 2 aliphatic rings. The van der Waals surface area contributed by atoms with Crippen LogP contribution >= 0.6 is 11.8 Å². The molecule has 2 atom stereocenters. The minimum Gasteiger partial charge on any atom is -0.311 e. The lowest BCUT2D eigenvalue weighted by atomic mass is 10.0. The van der Waals surface area contributed by atoms with E-state index in [-0.39, 0.29) is 0 Å². The summed E-state index contributed by atoms with van der Waals surface area (Å²) in [6.07, 6.45) is 3.96. The first-order valence-corrected chi connectivity index (χ1v) is 8.10. The van der Waals surface area contributed by atoms with Gasteiger partial charge in [-0.3, -0.25) is 0 Å². The van der Waals surface area contributed by atoms with E-state index in [9.17, 15) is 0 Å². The van der Waals surface area contributed by atoms with E-state index in [0.29, 0.717) is 17.2 Å². The SMILES string of the molecule is CC(C)C1NCCn2c(C3CCCCS3)nnc21. The second-order valence-electron chi connectivity index (χ2n) is 5.60. The highest BCUT2D eigenvalue weighted by Crippen LogP contribution is 2.38. The molecule has 0 saturated carbocycles. The van der Waals surface area contributed by atoms with Gasteiger partial charge in [0.1, 0.15) is 5.82 Å². The Labute approximate surface area is 113 Å². The molecule has 1 saturated heterocycles. The zero-order chi connectivity index (χ0) is 12.5. The highest BCUT2D eigenvalue weighted by Gasteiger charge is 2.30. The van der Waals surface area contributed by atoms with Gasteiger partial charge >= 0.3 is 0 Å². The fourth-order valence-electron chi connectivity index (χ4n) is 2.93. The predicted molar refractivity (Wildman–Crippen MR) is 74.7 cm³/mol. The molecule has 1 aromatic rings. The molecule has 1 aromatic heterocycles. The molecule has 0 bridgehead atoms. The van der Waals surface area contributed by atoms with Crippen LogP contribution < -0.4 is 5.32 Å². The first kappa shape index (κ1) is 12.5. The van der Waals surface area contributed by atoms with Gasteiger partial charge in [-0.25, -0.2) is 0 Å². The Morgan fingerprint density at radius 3 is 2.83 bits per heavy atom. The number of thioether (sulfide) groups is 1. The molecule has 2 unspecified atom stereocenters. The maximum absolute atomic E-state index is 4.51. The standard InChI is InChI=1S/C13H22N4S/c1-9(2)11-13-16-15-12(17(13)7-6-14-11)10-5-3-4-8-18-10/h9-11,14H,3-8H2,1-2H3. The Kier molecular flexibility index (Phi) is 3.61. The van der Waals surface area contributed by atoms with Crippen LogP contribution in [0, 0.1) is 5.92 Å². The monoisotopic (exact) mass is 266 g/mol. The van der Waals surface area contributed by atoms with Crippen molar-refractivity contribution in [1.82, 2.24) is 20.1 Å². The number of hydrogen-bond acceptors (Lipinski definition) is 4. The van der Waals surface area contributed by atoms with Crippen molar-refractivity contribution in [2.24, 2.45) is 5.92 Å². The first-order chi connectivity index (χ1) is 8.77. The minimum atomic E-state index is 0.369. The molecule has 2 aliphatic heterocycles. The van der Waals surface area contributed by atoms with E-state index in [1.165, 1.54) is 30.8 Å². The smallest absolute Gasteiger partial charge is 0.150 e. The van der Waals surface area contributed by atoms with Gasteiger partial charge in [-0.1, -0.05) is 20.3 Å². The molecule has 0 radical (unpaired) electrons. The van der Waals surface area contributed by atoms with Crippen LogP contribution in [0.2, 0.25) is 0 Å². The zero-order valence-corrected chi connectivity index (χ0v) is 12.0. The summed E-state index contributed by atoms with van der Waals surface area (Å²) in [7, 11) is 0.